The minimum absolute atomic E-state index is 0.0368. The highest BCUT2D eigenvalue weighted by molar-refractivity contribution is 5.90. The first-order valence-electron chi connectivity index (χ1n) is 7.66. The number of benzene rings is 1. The number of allylic oxidation sites excluding steroid dienone is 1. The van der Waals surface area contributed by atoms with E-state index in [1.54, 1.807) is 13.8 Å². The standard InChI is InChI=1S/C18H17F4NO2/c1-3-4-7-25-12-8-13(19)17(14(20)9-12)15-6-5-11(2)18(24)23(15)10-16(21)22/h6,8-9,11,16H,5,7,10H2,1-2H3. The summed E-state index contributed by atoms with van der Waals surface area (Å²) < 4.78 is 59.6. The van der Waals surface area contributed by atoms with E-state index >= 15 is 0 Å². The minimum Gasteiger partial charge on any atom is -0.481 e. The topological polar surface area (TPSA) is 29.5 Å². The normalized spacial score (nSPS) is 17.2. The Morgan fingerprint density at radius 2 is 1.96 bits per heavy atom. The van der Waals surface area contributed by atoms with E-state index in [1.807, 2.05) is 0 Å². The Morgan fingerprint density at radius 3 is 2.52 bits per heavy atom. The van der Waals surface area contributed by atoms with E-state index in [9.17, 15) is 22.4 Å². The summed E-state index contributed by atoms with van der Waals surface area (Å²) in [4.78, 5) is 12.9. The van der Waals surface area contributed by atoms with Gasteiger partial charge in [0.05, 0.1) is 17.8 Å². The van der Waals surface area contributed by atoms with E-state index in [4.69, 9.17) is 4.74 Å². The molecule has 7 heteroatoms. The SMILES string of the molecule is CC#CCOc1cc(F)c(C2=CCC(C)C(=O)N2CC(F)F)c(F)c1. The number of hydrogen-bond acceptors (Lipinski definition) is 2. The molecule has 0 radical (unpaired) electrons. The molecule has 1 aliphatic heterocycles. The molecule has 1 heterocycles. The molecule has 1 aliphatic rings. The van der Waals surface area contributed by atoms with Gasteiger partial charge in [-0.2, -0.15) is 0 Å². The zero-order chi connectivity index (χ0) is 18.6. The smallest absolute Gasteiger partial charge is 0.256 e. The summed E-state index contributed by atoms with van der Waals surface area (Å²) in [5, 5.41) is 0. The van der Waals surface area contributed by atoms with Crippen molar-refractivity contribution in [2.45, 2.75) is 26.7 Å². The monoisotopic (exact) mass is 355 g/mol. The highest BCUT2D eigenvalue weighted by Gasteiger charge is 2.33. The fourth-order valence-electron chi connectivity index (χ4n) is 2.52. The van der Waals surface area contributed by atoms with Gasteiger partial charge in [0.1, 0.15) is 24.0 Å². The molecule has 0 aliphatic carbocycles. The summed E-state index contributed by atoms with van der Waals surface area (Å²) >= 11 is 0. The van der Waals surface area contributed by atoms with Crippen LogP contribution < -0.4 is 4.74 Å². The van der Waals surface area contributed by atoms with Crippen LogP contribution in [0.4, 0.5) is 17.6 Å². The van der Waals surface area contributed by atoms with Crippen LogP contribution in [0.3, 0.4) is 0 Å². The number of alkyl halides is 2. The van der Waals surface area contributed by atoms with Gasteiger partial charge in [0, 0.05) is 18.1 Å². The van der Waals surface area contributed by atoms with Gasteiger partial charge in [0.2, 0.25) is 5.91 Å². The first-order chi connectivity index (χ1) is 11.8. The van der Waals surface area contributed by atoms with Crippen molar-refractivity contribution in [3.8, 4) is 17.6 Å². The summed E-state index contributed by atoms with van der Waals surface area (Å²) in [6.45, 7) is 2.22. The quantitative estimate of drug-likeness (QED) is 0.593. The van der Waals surface area contributed by atoms with Crippen molar-refractivity contribution in [3.05, 3.63) is 35.4 Å². The number of halogens is 4. The summed E-state index contributed by atoms with van der Waals surface area (Å²) in [5.41, 5.74) is -0.701. The van der Waals surface area contributed by atoms with Crippen molar-refractivity contribution in [3.63, 3.8) is 0 Å². The Bertz CT molecular complexity index is 726. The number of carbonyl (C=O) groups is 1. The minimum atomic E-state index is -2.82. The fraction of sp³-hybridized carbons (Fsp3) is 0.389. The van der Waals surface area contributed by atoms with E-state index in [0.717, 1.165) is 17.0 Å². The largest absolute Gasteiger partial charge is 0.481 e. The summed E-state index contributed by atoms with van der Waals surface area (Å²) in [5.74, 6) is 1.99. The third-order valence-electron chi connectivity index (χ3n) is 3.72. The van der Waals surface area contributed by atoms with Crippen LogP contribution in [0.1, 0.15) is 25.8 Å². The molecule has 134 valence electrons. The average molecular weight is 355 g/mol. The Labute approximate surface area is 143 Å². The number of amides is 1. The maximum atomic E-state index is 14.4. The lowest BCUT2D eigenvalue weighted by molar-refractivity contribution is -0.133. The van der Waals surface area contributed by atoms with Gasteiger partial charge in [-0.05, 0) is 13.3 Å². The lowest BCUT2D eigenvalue weighted by atomic mass is 9.96. The molecule has 1 atom stereocenters. The number of rotatable bonds is 5. The number of nitrogens with zero attached hydrogens (tertiary/aromatic N) is 1. The van der Waals surface area contributed by atoms with Crippen molar-refractivity contribution in [2.75, 3.05) is 13.2 Å². The van der Waals surface area contributed by atoms with E-state index in [2.05, 4.69) is 11.8 Å². The maximum Gasteiger partial charge on any atom is 0.256 e. The van der Waals surface area contributed by atoms with Gasteiger partial charge in [-0.15, -0.1) is 5.92 Å². The van der Waals surface area contributed by atoms with E-state index in [1.165, 1.54) is 6.08 Å². The number of carbonyl (C=O) groups excluding carboxylic acids is 1. The number of ether oxygens (including phenoxy) is 1. The Hall–Kier alpha value is -2.49. The Kier molecular flexibility index (Phi) is 6.07. The van der Waals surface area contributed by atoms with Crippen LogP contribution in [0, 0.1) is 29.4 Å². The average Bonchev–Trinajstić information content (AvgIpc) is 2.53. The van der Waals surface area contributed by atoms with Gasteiger partial charge in [-0.25, -0.2) is 17.6 Å². The van der Waals surface area contributed by atoms with Gasteiger partial charge in [-0.1, -0.05) is 18.9 Å². The van der Waals surface area contributed by atoms with Crippen LogP contribution in [-0.2, 0) is 4.79 Å². The lowest BCUT2D eigenvalue weighted by Crippen LogP contribution is -2.40. The van der Waals surface area contributed by atoms with E-state index < -0.39 is 42.0 Å². The third-order valence-corrected chi connectivity index (χ3v) is 3.72. The van der Waals surface area contributed by atoms with Crippen molar-refractivity contribution in [1.29, 1.82) is 0 Å². The first-order valence-corrected chi connectivity index (χ1v) is 7.66. The lowest BCUT2D eigenvalue weighted by Gasteiger charge is -2.32. The van der Waals surface area contributed by atoms with E-state index in [-0.39, 0.29) is 24.5 Å². The molecule has 2 rings (SSSR count). The Balaban J connectivity index is 2.40. The third kappa shape index (κ3) is 4.32. The van der Waals surface area contributed by atoms with Crippen LogP contribution in [-0.4, -0.2) is 30.4 Å². The molecule has 0 spiro atoms. The summed E-state index contributed by atoms with van der Waals surface area (Å²) in [6, 6.07) is 1.89. The molecule has 0 bridgehead atoms. The second-order valence-corrected chi connectivity index (χ2v) is 5.54. The van der Waals surface area contributed by atoms with Gasteiger partial charge >= 0.3 is 0 Å². The molecule has 1 amide bonds. The van der Waals surface area contributed by atoms with Crippen molar-refractivity contribution >= 4 is 11.6 Å². The van der Waals surface area contributed by atoms with Crippen LogP contribution in [0.25, 0.3) is 5.70 Å². The highest BCUT2D eigenvalue weighted by atomic mass is 19.3. The zero-order valence-electron chi connectivity index (χ0n) is 13.8. The molecule has 0 fully saturated rings. The van der Waals surface area contributed by atoms with Crippen molar-refractivity contribution in [1.82, 2.24) is 4.90 Å². The molecule has 3 nitrogen and oxygen atoms in total. The van der Waals surface area contributed by atoms with Gasteiger partial charge < -0.3 is 9.64 Å². The second-order valence-electron chi connectivity index (χ2n) is 5.54. The Morgan fingerprint density at radius 1 is 1.32 bits per heavy atom. The number of hydrogen-bond donors (Lipinski definition) is 0. The van der Waals surface area contributed by atoms with Gasteiger partial charge in [0.25, 0.3) is 6.43 Å². The van der Waals surface area contributed by atoms with Crippen LogP contribution >= 0.6 is 0 Å². The maximum absolute atomic E-state index is 14.4. The molecular formula is C18H17F4NO2. The molecule has 0 N–H and O–H groups in total. The first kappa shape index (κ1) is 18.8. The molecule has 0 saturated carbocycles. The second kappa shape index (κ2) is 8.06. The molecule has 1 aromatic rings. The van der Waals surface area contributed by atoms with Crippen molar-refractivity contribution < 1.29 is 27.1 Å². The predicted octanol–water partition coefficient (Wildman–Crippen LogP) is 3.84. The molecule has 1 aromatic carbocycles. The molecular weight excluding hydrogens is 338 g/mol. The molecule has 0 aromatic heterocycles. The van der Waals surface area contributed by atoms with Crippen LogP contribution in [0.2, 0.25) is 0 Å². The van der Waals surface area contributed by atoms with Gasteiger partial charge in [-0.3, -0.25) is 4.79 Å². The van der Waals surface area contributed by atoms with Gasteiger partial charge in [0.15, 0.2) is 0 Å². The highest BCUT2D eigenvalue weighted by Crippen LogP contribution is 2.33. The summed E-state index contributed by atoms with van der Waals surface area (Å²) in [6.07, 6.45) is -1.20. The predicted molar refractivity (Wildman–Crippen MR) is 84.8 cm³/mol. The molecule has 25 heavy (non-hydrogen) atoms. The molecule has 1 unspecified atom stereocenters. The fourth-order valence-corrected chi connectivity index (χ4v) is 2.52. The zero-order valence-corrected chi connectivity index (χ0v) is 13.8. The van der Waals surface area contributed by atoms with Crippen LogP contribution in [0.15, 0.2) is 18.2 Å². The van der Waals surface area contributed by atoms with Crippen LogP contribution in [0.5, 0.6) is 5.75 Å². The molecule has 0 saturated heterocycles. The summed E-state index contributed by atoms with van der Waals surface area (Å²) in [7, 11) is 0. The van der Waals surface area contributed by atoms with E-state index in [0.29, 0.717) is 0 Å². The van der Waals surface area contributed by atoms with Crippen molar-refractivity contribution in [2.24, 2.45) is 5.92 Å².